The van der Waals surface area contributed by atoms with Gasteiger partial charge in [0.15, 0.2) is 5.69 Å². The molecule has 0 bridgehead atoms. The van der Waals surface area contributed by atoms with Crippen LogP contribution in [0.4, 0.5) is 4.39 Å². The van der Waals surface area contributed by atoms with Crippen molar-refractivity contribution < 1.29 is 23.8 Å². The van der Waals surface area contributed by atoms with E-state index in [1.54, 1.807) is 24.3 Å². The van der Waals surface area contributed by atoms with E-state index in [2.05, 4.69) is 10.4 Å². The molecule has 0 saturated heterocycles. The van der Waals surface area contributed by atoms with Crippen molar-refractivity contribution in [1.29, 1.82) is 0 Å². The van der Waals surface area contributed by atoms with Gasteiger partial charge in [-0.2, -0.15) is 9.78 Å². The maximum atomic E-state index is 14.4. The molecule has 0 aliphatic carbocycles. The summed E-state index contributed by atoms with van der Waals surface area (Å²) in [6.45, 7) is 6.14. The molecule has 8 heteroatoms. The lowest BCUT2D eigenvalue weighted by Gasteiger charge is -2.18. The Labute approximate surface area is 185 Å². The van der Waals surface area contributed by atoms with E-state index in [4.69, 9.17) is 4.74 Å². The van der Waals surface area contributed by atoms with Crippen molar-refractivity contribution in [3.05, 3.63) is 77.2 Å². The van der Waals surface area contributed by atoms with E-state index in [1.807, 2.05) is 32.9 Å². The maximum absolute atomic E-state index is 14.4. The van der Waals surface area contributed by atoms with Crippen molar-refractivity contribution in [3.8, 4) is 11.6 Å². The fourth-order valence-electron chi connectivity index (χ4n) is 3.25. The number of aliphatic carboxylic acids is 1. The Kier molecular flexibility index (Phi) is 7.25. The fraction of sp³-hybridized carbons (Fsp3) is 0.292. The number of carbonyl (C=O) groups is 2. The molecular weight excluding hydrogens is 413 g/mol. The summed E-state index contributed by atoms with van der Waals surface area (Å²) in [6.07, 6.45) is -0.290. The van der Waals surface area contributed by atoms with Crippen LogP contribution < -0.4 is 10.1 Å². The minimum Gasteiger partial charge on any atom is -0.481 e. The van der Waals surface area contributed by atoms with Gasteiger partial charge in [0.2, 0.25) is 5.88 Å². The van der Waals surface area contributed by atoms with Gasteiger partial charge in [-0.1, -0.05) is 50.2 Å². The van der Waals surface area contributed by atoms with Crippen molar-refractivity contribution in [3.63, 3.8) is 0 Å². The molecule has 0 aliphatic heterocycles. The van der Waals surface area contributed by atoms with Crippen LogP contribution in [0, 0.1) is 18.7 Å². The molecular formula is C24H26FN3O4. The molecule has 0 spiro atoms. The second kappa shape index (κ2) is 10.1. The molecule has 0 aliphatic rings. The largest absolute Gasteiger partial charge is 0.481 e. The average molecular weight is 439 g/mol. The Morgan fingerprint density at radius 2 is 1.84 bits per heavy atom. The molecule has 1 amide bonds. The highest BCUT2D eigenvalue weighted by Gasteiger charge is 2.24. The third-order valence-corrected chi connectivity index (χ3v) is 4.80. The van der Waals surface area contributed by atoms with E-state index in [-0.39, 0.29) is 29.6 Å². The molecule has 0 saturated carbocycles. The number of aromatic nitrogens is 2. The van der Waals surface area contributed by atoms with E-state index in [1.165, 1.54) is 22.9 Å². The maximum Gasteiger partial charge on any atom is 0.305 e. The van der Waals surface area contributed by atoms with Crippen LogP contribution in [-0.2, 0) is 4.79 Å². The van der Waals surface area contributed by atoms with Crippen LogP contribution in [0.1, 0.15) is 47.9 Å². The summed E-state index contributed by atoms with van der Waals surface area (Å²) >= 11 is 0. The second-order valence-corrected chi connectivity index (χ2v) is 7.92. The predicted molar refractivity (Wildman–Crippen MR) is 117 cm³/mol. The summed E-state index contributed by atoms with van der Waals surface area (Å²) in [6, 6.07) is 14.0. The monoisotopic (exact) mass is 439 g/mol. The number of amides is 1. The number of carboxylic acids is 1. The van der Waals surface area contributed by atoms with E-state index in [9.17, 15) is 19.1 Å². The van der Waals surface area contributed by atoms with Gasteiger partial charge in [-0.15, -0.1) is 0 Å². The Hall–Kier alpha value is -3.68. The molecule has 2 aromatic carbocycles. The molecule has 3 aromatic rings. The smallest absolute Gasteiger partial charge is 0.305 e. The Balaban J connectivity index is 1.94. The topological polar surface area (TPSA) is 93.5 Å². The molecule has 1 atom stereocenters. The van der Waals surface area contributed by atoms with Crippen LogP contribution in [0.3, 0.4) is 0 Å². The van der Waals surface area contributed by atoms with E-state index < -0.39 is 23.7 Å². The van der Waals surface area contributed by atoms with Gasteiger partial charge in [0.1, 0.15) is 11.5 Å². The number of para-hydroxylation sites is 1. The molecule has 0 radical (unpaired) electrons. The molecule has 0 fully saturated rings. The third-order valence-electron chi connectivity index (χ3n) is 4.80. The zero-order valence-electron chi connectivity index (χ0n) is 18.2. The summed E-state index contributed by atoms with van der Waals surface area (Å²) in [5, 5.41) is 16.3. The van der Waals surface area contributed by atoms with Gasteiger partial charge in [0.25, 0.3) is 5.91 Å². The fourth-order valence-corrected chi connectivity index (χ4v) is 3.25. The first-order chi connectivity index (χ1) is 15.3. The van der Waals surface area contributed by atoms with E-state index in [0.29, 0.717) is 12.2 Å². The van der Waals surface area contributed by atoms with Gasteiger partial charge in [0, 0.05) is 6.07 Å². The van der Waals surface area contributed by atoms with Crippen LogP contribution in [0.2, 0.25) is 0 Å². The molecule has 0 unspecified atom stereocenters. The first-order valence-electron chi connectivity index (χ1n) is 10.3. The predicted octanol–water partition coefficient (Wildman–Crippen LogP) is 4.30. The first kappa shape index (κ1) is 23.0. The molecule has 3 rings (SSSR count). The number of carbonyl (C=O) groups excluding carboxylic acids is 1. The van der Waals surface area contributed by atoms with Crippen molar-refractivity contribution >= 4 is 11.9 Å². The normalized spacial score (nSPS) is 11.9. The van der Waals surface area contributed by atoms with Crippen LogP contribution in [0.15, 0.2) is 54.6 Å². The number of nitrogens with zero attached hydrogens (tertiary/aromatic N) is 2. The summed E-state index contributed by atoms with van der Waals surface area (Å²) in [5.74, 6) is -1.71. The van der Waals surface area contributed by atoms with Gasteiger partial charge in [0.05, 0.1) is 19.1 Å². The standard InChI is InChI=1S/C24H26FN3O4/c1-15(2)14-32-22-12-20(27-28(22)21-11-7-6-10-18(21)25)24(31)26-19(13-23(29)30)17-9-5-4-8-16(17)3/h4-12,15,19H,13-14H2,1-3H3,(H,26,31)(H,29,30)/t19-/m0/s1. The van der Waals surface area contributed by atoms with Crippen LogP contribution >= 0.6 is 0 Å². The van der Waals surface area contributed by atoms with Crippen molar-refractivity contribution in [2.45, 2.75) is 33.2 Å². The highest BCUT2D eigenvalue weighted by molar-refractivity contribution is 5.93. The number of hydrogen-bond acceptors (Lipinski definition) is 4. The second-order valence-electron chi connectivity index (χ2n) is 7.92. The average Bonchev–Trinajstić information content (AvgIpc) is 3.16. The van der Waals surface area contributed by atoms with Crippen molar-refractivity contribution in [2.24, 2.45) is 5.92 Å². The number of aryl methyl sites for hydroxylation is 1. The molecule has 1 heterocycles. The Bertz CT molecular complexity index is 1110. The number of halogens is 1. The minimum atomic E-state index is -1.05. The number of benzene rings is 2. The van der Waals surface area contributed by atoms with Gasteiger partial charge >= 0.3 is 5.97 Å². The molecule has 1 aromatic heterocycles. The molecule has 168 valence electrons. The highest BCUT2D eigenvalue weighted by Crippen LogP contribution is 2.24. The number of nitrogens with one attached hydrogen (secondary N) is 1. The lowest BCUT2D eigenvalue weighted by Crippen LogP contribution is -2.31. The number of carboxylic acid groups (broad SMARTS) is 1. The van der Waals surface area contributed by atoms with Gasteiger partial charge in [-0.25, -0.2) is 4.39 Å². The summed E-state index contributed by atoms with van der Waals surface area (Å²) in [4.78, 5) is 24.4. The minimum absolute atomic E-state index is 0.00372. The first-order valence-corrected chi connectivity index (χ1v) is 10.3. The summed E-state index contributed by atoms with van der Waals surface area (Å²) < 4.78 is 21.4. The Morgan fingerprint density at radius 1 is 1.16 bits per heavy atom. The van der Waals surface area contributed by atoms with Gasteiger partial charge in [-0.05, 0) is 36.1 Å². The summed E-state index contributed by atoms with van der Waals surface area (Å²) in [5.41, 5.74) is 1.70. The number of hydrogen-bond donors (Lipinski definition) is 2. The highest BCUT2D eigenvalue weighted by atomic mass is 19.1. The van der Waals surface area contributed by atoms with E-state index in [0.717, 1.165) is 5.56 Å². The summed E-state index contributed by atoms with van der Waals surface area (Å²) in [7, 11) is 0. The number of rotatable bonds is 9. The lowest BCUT2D eigenvalue weighted by molar-refractivity contribution is -0.137. The zero-order chi connectivity index (χ0) is 23.3. The van der Waals surface area contributed by atoms with Crippen molar-refractivity contribution in [2.75, 3.05) is 6.61 Å². The zero-order valence-corrected chi connectivity index (χ0v) is 18.2. The third kappa shape index (κ3) is 5.51. The molecule has 7 nitrogen and oxygen atoms in total. The molecule has 32 heavy (non-hydrogen) atoms. The molecule has 2 N–H and O–H groups in total. The van der Waals surface area contributed by atoms with Crippen LogP contribution in [-0.4, -0.2) is 33.4 Å². The Morgan fingerprint density at radius 3 is 2.50 bits per heavy atom. The van der Waals surface area contributed by atoms with Crippen LogP contribution in [0.5, 0.6) is 5.88 Å². The SMILES string of the molecule is Cc1ccccc1[C@H](CC(=O)O)NC(=O)c1cc(OCC(C)C)n(-c2ccccc2F)n1. The quantitative estimate of drug-likeness (QED) is 0.519. The lowest BCUT2D eigenvalue weighted by atomic mass is 9.98. The van der Waals surface area contributed by atoms with Gasteiger partial charge < -0.3 is 15.2 Å². The van der Waals surface area contributed by atoms with Gasteiger partial charge in [-0.3, -0.25) is 9.59 Å². The van der Waals surface area contributed by atoms with Crippen molar-refractivity contribution in [1.82, 2.24) is 15.1 Å². The van der Waals surface area contributed by atoms with Crippen LogP contribution in [0.25, 0.3) is 5.69 Å². The van der Waals surface area contributed by atoms with E-state index >= 15 is 0 Å². The number of ether oxygens (including phenoxy) is 1.